The smallest absolute Gasteiger partial charge is 0.126 e. The molecule has 0 saturated heterocycles. The van der Waals surface area contributed by atoms with Gasteiger partial charge in [0.05, 0.1) is 0 Å². The maximum atomic E-state index is 13.5. The molecular weight excluding hydrogens is 189 g/mol. The van der Waals surface area contributed by atoms with Crippen LogP contribution in [0, 0.1) is 11.2 Å². The zero-order valence-electron chi connectivity index (χ0n) is 9.39. The molecule has 0 bridgehead atoms. The second kappa shape index (κ2) is 3.93. The molecule has 82 valence electrons. The number of benzene rings is 1. The van der Waals surface area contributed by atoms with Crippen LogP contribution >= 0.6 is 0 Å². The maximum Gasteiger partial charge on any atom is 0.126 e. The molecule has 0 amide bonds. The molecule has 0 aromatic heterocycles. The van der Waals surface area contributed by atoms with Crippen LogP contribution in [-0.4, -0.2) is 13.1 Å². The maximum absolute atomic E-state index is 13.5. The summed E-state index contributed by atoms with van der Waals surface area (Å²) in [6.07, 6.45) is 3.29. The highest BCUT2D eigenvalue weighted by Gasteiger charge is 2.46. The Balaban J connectivity index is 2.12. The van der Waals surface area contributed by atoms with Crippen molar-refractivity contribution in [3.63, 3.8) is 0 Å². The Morgan fingerprint density at radius 1 is 1.40 bits per heavy atom. The largest absolute Gasteiger partial charge is 0.317 e. The van der Waals surface area contributed by atoms with Gasteiger partial charge in [0.1, 0.15) is 5.82 Å². The Morgan fingerprint density at radius 2 is 2.07 bits per heavy atom. The number of rotatable bonds is 4. The summed E-state index contributed by atoms with van der Waals surface area (Å²) in [5.74, 6) is -0.0629. The third kappa shape index (κ3) is 2.05. The zero-order valence-corrected chi connectivity index (χ0v) is 9.39. The van der Waals surface area contributed by atoms with E-state index in [1.807, 2.05) is 19.2 Å². The highest BCUT2D eigenvalue weighted by Crippen LogP contribution is 2.51. The van der Waals surface area contributed by atoms with E-state index < -0.39 is 0 Å². The average Bonchev–Trinajstić information content (AvgIpc) is 3.01. The second-order valence-corrected chi connectivity index (χ2v) is 4.64. The molecule has 1 aromatic carbocycles. The van der Waals surface area contributed by atoms with Crippen LogP contribution in [-0.2, 0) is 6.42 Å². The summed E-state index contributed by atoms with van der Waals surface area (Å²) in [4.78, 5) is 0. The first-order valence-corrected chi connectivity index (χ1v) is 5.59. The summed E-state index contributed by atoms with van der Waals surface area (Å²) in [5, 5.41) is 3.28. The van der Waals surface area contributed by atoms with Gasteiger partial charge in [-0.3, -0.25) is 0 Å². The topological polar surface area (TPSA) is 12.0 Å². The summed E-state index contributed by atoms with van der Waals surface area (Å²) >= 11 is 0. The van der Waals surface area contributed by atoms with E-state index in [1.54, 1.807) is 12.1 Å². The van der Waals surface area contributed by atoms with Crippen molar-refractivity contribution in [3.8, 4) is 0 Å². The van der Waals surface area contributed by atoms with E-state index in [4.69, 9.17) is 0 Å². The van der Waals surface area contributed by atoms with E-state index in [1.165, 1.54) is 12.8 Å². The fourth-order valence-electron chi connectivity index (χ4n) is 2.25. The van der Waals surface area contributed by atoms with Crippen LogP contribution in [0.4, 0.5) is 4.39 Å². The molecule has 15 heavy (non-hydrogen) atoms. The Kier molecular flexibility index (Phi) is 2.79. The van der Waals surface area contributed by atoms with Crippen molar-refractivity contribution < 1.29 is 4.39 Å². The van der Waals surface area contributed by atoms with Gasteiger partial charge < -0.3 is 5.32 Å². The minimum absolute atomic E-state index is 0.0629. The molecule has 1 atom stereocenters. The Morgan fingerprint density at radius 3 is 2.60 bits per heavy atom. The Hall–Kier alpha value is -0.890. The summed E-state index contributed by atoms with van der Waals surface area (Å²) in [7, 11) is 1.98. The molecule has 1 aromatic rings. The Labute approximate surface area is 90.7 Å². The zero-order chi connectivity index (χ0) is 10.9. The molecule has 1 nitrogen and oxygen atoms in total. The van der Waals surface area contributed by atoms with Crippen molar-refractivity contribution >= 4 is 0 Å². The van der Waals surface area contributed by atoms with Gasteiger partial charge in [-0.2, -0.15) is 0 Å². The lowest BCUT2D eigenvalue weighted by molar-refractivity contribution is 0.364. The van der Waals surface area contributed by atoms with Crippen LogP contribution < -0.4 is 5.32 Å². The van der Waals surface area contributed by atoms with Gasteiger partial charge in [0, 0.05) is 6.04 Å². The van der Waals surface area contributed by atoms with Crippen LogP contribution in [0.1, 0.15) is 25.3 Å². The molecule has 1 N–H and O–H groups in total. The number of hydrogen-bond acceptors (Lipinski definition) is 1. The van der Waals surface area contributed by atoms with Crippen molar-refractivity contribution in [1.29, 1.82) is 0 Å². The van der Waals surface area contributed by atoms with Crippen LogP contribution in [0.3, 0.4) is 0 Å². The first-order chi connectivity index (χ1) is 7.18. The van der Waals surface area contributed by atoms with Crippen molar-refractivity contribution in [2.24, 2.45) is 5.41 Å². The normalized spacial score (nSPS) is 19.9. The SMILES string of the molecule is CNC(C)C1(Cc2ccccc2F)CC1. The molecule has 1 fully saturated rings. The molecule has 1 saturated carbocycles. The molecule has 2 heteroatoms. The third-order valence-corrected chi connectivity index (χ3v) is 3.74. The first kappa shape index (κ1) is 10.6. The van der Waals surface area contributed by atoms with Gasteiger partial charge >= 0.3 is 0 Å². The summed E-state index contributed by atoms with van der Waals surface area (Å²) in [6, 6.07) is 7.59. The minimum atomic E-state index is -0.0629. The molecule has 0 spiro atoms. The van der Waals surface area contributed by atoms with Crippen molar-refractivity contribution in [1.82, 2.24) is 5.32 Å². The summed E-state index contributed by atoms with van der Waals surface area (Å²) in [5.41, 5.74) is 1.16. The first-order valence-electron chi connectivity index (χ1n) is 5.59. The molecule has 1 unspecified atom stereocenters. The van der Waals surface area contributed by atoms with Gasteiger partial charge in [-0.05, 0) is 50.3 Å². The lowest BCUT2D eigenvalue weighted by atomic mass is 9.90. The van der Waals surface area contributed by atoms with E-state index in [0.717, 1.165) is 12.0 Å². The molecule has 1 aliphatic carbocycles. The van der Waals surface area contributed by atoms with Crippen LogP contribution in [0.2, 0.25) is 0 Å². The van der Waals surface area contributed by atoms with Gasteiger partial charge in [-0.15, -0.1) is 0 Å². The number of hydrogen-bond donors (Lipinski definition) is 1. The van der Waals surface area contributed by atoms with Crippen molar-refractivity contribution in [2.75, 3.05) is 7.05 Å². The van der Waals surface area contributed by atoms with Crippen molar-refractivity contribution in [3.05, 3.63) is 35.6 Å². The third-order valence-electron chi connectivity index (χ3n) is 3.74. The molecule has 0 radical (unpaired) electrons. The molecule has 0 aliphatic heterocycles. The predicted octanol–water partition coefficient (Wildman–Crippen LogP) is 2.76. The van der Waals surface area contributed by atoms with Gasteiger partial charge in [0.25, 0.3) is 0 Å². The van der Waals surface area contributed by atoms with Gasteiger partial charge in [-0.1, -0.05) is 18.2 Å². The van der Waals surface area contributed by atoms with E-state index in [9.17, 15) is 4.39 Å². The highest BCUT2D eigenvalue weighted by molar-refractivity contribution is 5.21. The fraction of sp³-hybridized carbons (Fsp3) is 0.538. The van der Waals surface area contributed by atoms with Gasteiger partial charge in [0.15, 0.2) is 0 Å². The van der Waals surface area contributed by atoms with Crippen LogP contribution in [0.25, 0.3) is 0 Å². The minimum Gasteiger partial charge on any atom is -0.317 e. The number of halogens is 1. The van der Waals surface area contributed by atoms with E-state index >= 15 is 0 Å². The van der Waals surface area contributed by atoms with Gasteiger partial charge in [-0.25, -0.2) is 4.39 Å². The van der Waals surface area contributed by atoms with Gasteiger partial charge in [0.2, 0.25) is 0 Å². The fourth-order valence-corrected chi connectivity index (χ4v) is 2.25. The summed E-state index contributed by atoms with van der Waals surface area (Å²) in [6.45, 7) is 2.19. The quantitative estimate of drug-likeness (QED) is 0.800. The van der Waals surface area contributed by atoms with E-state index in [0.29, 0.717) is 11.5 Å². The van der Waals surface area contributed by atoms with Crippen LogP contribution in [0.15, 0.2) is 24.3 Å². The average molecular weight is 207 g/mol. The lowest BCUT2D eigenvalue weighted by Gasteiger charge is -2.23. The van der Waals surface area contributed by atoms with E-state index in [2.05, 4.69) is 12.2 Å². The molecule has 2 rings (SSSR count). The molecule has 0 heterocycles. The standard InChI is InChI=1S/C13H18FN/c1-10(15-2)13(7-8-13)9-11-5-3-4-6-12(11)14/h3-6,10,15H,7-9H2,1-2H3. The molecular formula is C13H18FN. The predicted molar refractivity (Wildman–Crippen MR) is 60.3 cm³/mol. The van der Waals surface area contributed by atoms with E-state index in [-0.39, 0.29) is 5.82 Å². The number of nitrogens with one attached hydrogen (secondary N) is 1. The van der Waals surface area contributed by atoms with Crippen LogP contribution in [0.5, 0.6) is 0 Å². The summed E-state index contributed by atoms with van der Waals surface area (Å²) < 4.78 is 13.5. The monoisotopic (exact) mass is 207 g/mol. The highest BCUT2D eigenvalue weighted by atomic mass is 19.1. The van der Waals surface area contributed by atoms with Crippen molar-refractivity contribution in [2.45, 2.75) is 32.2 Å². The molecule has 1 aliphatic rings. The lowest BCUT2D eigenvalue weighted by Crippen LogP contribution is -2.33. The second-order valence-electron chi connectivity index (χ2n) is 4.64. The Bertz CT molecular complexity index is 344.